The van der Waals surface area contributed by atoms with E-state index in [1.165, 1.54) is 0 Å². The van der Waals surface area contributed by atoms with Crippen molar-refractivity contribution in [2.45, 2.75) is 6.54 Å². The lowest BCUT2D eigenvalue weighted by Crippen LogP contribution is -2.06. The molecule has 0 bridgehead atoms. The molecule has 2 N–H and O–H groups in total. The lowest BCUT2D eigenvalue weighted by molar-refractivity contribution is 0.555. The molecular weight excluding hydrogens is 204 g/mol. The molecule has 0 fully saturated rings. The van der Waals surface area contributed by atoms with Gasteiger partial charge in [0.15, 0.2) is 5.58 Å². The number of nitrogens with zero attached hydrogens (tertiary/aromatic N) is 3. The number of para-hydroxylation sites is 2. The van der Waals surface area contributed by atoms with E-state index < -0.39 is 0 Å². The van der Waals surface area contributed by atoms with E-state index >= 15 is 0 Å². The van der Waals surface area contributed by atoms with Gasteiger partial charge in [-0.1, -0.05) is 12.1 Å². The minimum absolute atomic E-state index is 0.353. The van der Waals surface area contributed by atoms with Gasteiger partial charge in [-0.15, -0.1) is 0 Å². The molecule has 0 atom stereocenters. The van der Waals surface area contributed by atoms with Gasteiger partial charge in [0.25, 0.3) is 0 Å². The SMILES string of the molecule is NCc1nccn1-c1nc2ccccc2o1. The summed E-state index contributed by atoms with van der Waals surface area (Å²) in [4.78, 5) is 8.48. The zero-order valence-electron chi connectivity index (χ0n) is 8.50. The van der Waals surface area contributed by atoms with Crippen molar-refractivity contribution in [1.29, 1.82) is 0 Å². The van der Waals surface area contributed by atoms with Crippen LogP contribution in [-0.2, 0) is 6.54 Å². The Hall–Kier alpha value is -2.14. The highest BCUT2D eigenvalue weighted by atomic mass is 16.4. The predicted molar refractivity (Wildman–Crippen MR) is 59.0 cm³/mol. The summed E-state index contributed by atoms with van der Waals surface area (Å²) in [6.07, 6.45) is 3.46. The van der Waals surface area contributed by atoms with Crippen LogP contribution in [0, 0.1) is 0 Å². The van der Waals surface area contributed by atoms with Gasteiger partial charge < -0.3 is 10.2 Å². The number of hydrogen-bond acceptors (Lipinski definition) is 4. The smallest absolute Gasteiger partial charge is 0.308 e. The molecule has 0 spiro atoms. The maximum absolute atomic E-state index is 5.61. The van der Waals surface area contributed by atoms with Crippen LogP contribution in [0.4, 0.5) is 0 Å². The Morgan fingerprint density at radius 2 is 2.19 bits per heavy atom. The Morgan fingerprint density at radius 3 is 3.00 bits per heavy atom. The van der Waals surface area contributed by atoms with Gasteiger partial charge in [0.2, 0.25) is 0 Å². The lowest BCUT2D eigenvalue weighted by atomic mass is 10.3. The van der Waals surface area contributed by atoms with Crippen molar-refractivity contribution in [2.75, 3.05) is 0 Å². The number of hydrogen-bond donors (Lipinski definition) is 1. The van der Waals surface area contributed by atoms with Gasteiger partial charge in [0.05, 0.1) is 6.54 Å². The number of aromatic nitrogens is 3. The number of rotatable bonds is 2. The summed E-state index contributed by atoms with van der Waals surface area (Å²) in [5.74, 6) is 0.728. The summed E-state index contributed by atoms with van der Waals surface area (Å²) in [5, 5.41) is 0. The zero-order chi connectivity index (χ0) is 11.0. The molecule has 0 saturated carbocycles. The fraction of sp³-hybridized carbons (Fsp3) is 0.0909. The van der Waals surface area contributed by atoms with Gasteiger partial charge in [0, 0.05) is 12.4 Å². The van der Waals surface area contributed by atoms with Crippen LogP contribution in [0.2, 0.25) is 0 Å². The van der Waals surface area contributed by atoms with Crippen LogP contribution < -0.4 is 5.73 Å². The second-order valence-corrected chi connectivity index (χ2v) is 3.38. The minimum Gasteiger partial charge on any atom is -0.423 e. The highest BCUT2D eigenvalue weighted by Crippen LogP contribution is 2.18. The Bertz CT molecular complexity index is 592. The van der Waals surface area contributed by atoms with Gasteiger partial charge in [-0.05, 0) is 12.1 Å². The van der Waals surface area contributed by atoms with E-state index in [4.69, 9.17) is 10.2 Å². The maximum atomic E-state index is 5.61. The Kier molecular flexibility index (Phi) is 1.97. The standard InChI is InChI=1S/C11H10N4O/c12-7-10-13-5-6-15(10)11-14-8-3-1-2-4-9(8)16-11/h1-6H,7,12H2. The first-order valence-corrected chi connectivity index (χ1v) is 4.97. The zero-order valence-corrected chi connectivity index (χ0v) is 8.50. The molecule has 0 saturated heterocycles. The topological polar surface area (TPSA) is 69.9 Å². The van der Waals surface area contributed by atoms with Crippen molar-refractivity contribution in [3.05, 3.63) is 42.5 Å². The van der Waals surface area contributed by atoms with Crippen molar-refractivity contribution in [3.8, 4) is 6.01 Å². The van der Waals surface area contributed by atoms with E-state index in [2.05, 4.69) is 9.97 Å². The average molecular weight is 214 g/mol. The van der Waals surface area contributed by atoms with E-state index in [1.807, 2.05) is 24.3 Å². The molecular formula is C11H10N4O. The van der Waals surface area contributed by atoms with Gasteiger partial charge in [0.1, 0.15) is 11.3 Å². The molecule has 0 aliphatic carbocycles. The monoisotopic (exact) mass is 214 g/mol. The molecule has 2 heterocycles. The van der Waals surface area contributed by atoms with Crippen molar-refractivity contribution in [1.82, 2.24) is 14.5 Å². The molecule has 80 valence electrons. The number of imidazole rings is 1. The third kappa shape index (κ3) is 1.30. The molecule has 2 aromatic heterocycles. The first-order valence-electron chi connectivity index (χ1n) is 4.97. The Balaban J connectivity index is 2.19. The largest absolute Gasteiger partial charge is 0.423 e. The van der Waals surface area contributed by atoms with E-state index in [0.717, 1.165) is 16.9 Å². The Labute approximate surface area is 91.5 Å². The molecule has 1 aromatic carbocycles. The second-order valence-electron chi connectivity index (χ2n) is 3.38. The summed E-state index contributed by atoms with van der Waals surface area (Å²) in [7, 11) is 0. The molecule has 0 aliphatic heterocycles. The first kappa shape index (κ1) is 9.11. The molecule has 0 aliphatic rings. The van der Waals surface area contributed by atoms with Gasteiger partial charge in [-0.25, -0.2) is 4.98 Å². The van der Waals surface area contributed by atoms with Crippen molar-refractivity contribution < 1.29 is 4.42 Å². The van der Waals surface area contributed by atoms with E-state index in [9.17, 15) is 0 Å². The second kappa shape index (κ2) is 3.46. The van der Waals surface area contributed by atoms with Crippen LogP contribution in [0.3, 0.4) is 0 Å². The van der Waals surface area contributed by atoms with E-state index in [-0.39, 0.29) is 0 Å². The van der Waals surface area contributed by atoms with Crippen molar-refractivity contribution >= 4 is 11.1 Å². The highest BCUT2D eigenvalue weighted by molar-refractivity contribution is 5.73. The van der Waals surface area contributed by atoms with Gasteiger partial charge >= 0.3 is 6.01 Å². The molecule has 0 amide bonds. The van der Waals surface area contributed by atoms with Gasteiger partial charge in [-0.2, -0.15) is 4.98 Å². The third-order valence-corrected chi connectivity index (χ3v) is 2.39. The predicted octanol–water partition coefficient (Wildman–Crippen LogP) is 1.47. The fourth-order valence-electron chi connectivity index (χ4n) is 1.62. The minimum atomic E-state index is 0.353. The summed E-state index contributed by atoms with van der Waals surface area (Å²) < 4.78 is 7.36. The number of oxazole rings is 1. The van der Waals surface area contributed by atoms with E-state index in [1.54, 1.807) is 17.0 Å². The number of fused-ring (bicyclic) bond motifs is 1. The highest BCUT2D eigenvalue weighted by Gasteiger charge is 2.09. The van der Waals surface area contributed by atoms with E-state index in [0.29, 0.717) is 12.6 Å². The lowest BCUT2D eigenvalue weighted by Gasteiger charge is -1.98. The quantitative estimate of drug-likeness (QED) is 0.701. The van der Waals surface area contributed by atoms with Crippen LogP contribution in [0.1, 0.15) is 5.82 Å². The first-order chi connectivity index (χ1) is 7.88. The maximum Gasteiger partial charge on any atom is 0.308 e. The summed E-state index contributed by atoms with van der Waals surface area (Å²) in [6.45, 7) is 0.353. The number of benzene rings is 1. The summed E-state index contributed by atoms with van der Waals surface area (Å²) in [5.41, 5.74) is 7.16. The molecule has 0 unspecified atom stereocenters. The molecule has 16 heavy (non-hydrogen) atoms. The Morgan fingerprint density at radius 1 is 1.31 bits per heavy atom. The van der Waals surface area contributed by atoms with Gasteiger partial charge in [-0.3, -0.25) is 4.57 Å². The van der Waals surface area contributed by atoms with Crippen LogP contribution in [0.25, 0.3) is 17.1 Å². The molecule has 5 heteroatoms. The fourth-order valence-corrected chi connectivity index (χ4v) is 1.62. The molecule has 5 nitrogen and oxygen atoms in total. The number of nitrogens with two attached hydrogens (primary N) is 1. The average Bonchev–Trinajstić information content (AvgIpc) is 2.94. The van der Waals surface area contributed by atoms with Crippen LogP contribution in [0.15, 0.2) is 41.1 Å². The molecule has 3 aromatic rings. The molecule has 0 radical (unpaired) electrons. The van der Waals surface area contributed by atoms with Crippen LogP contribution >= 0.6 is 0 Å². The summed E-state index contributed by atoms with van der Waals surface area (Å²) in [6, 6.07) is 8.12. The van der Waals surface area contributed by atoms with Crippen molar-refractivity contribution in [2.24, 2.45) is 5.73 Å². The van der Waals surface area contributed by atoms with Crippen molar-refractivity contribution in [3.63, 3.8) is 0 Å². The van der Waals surface area contributed by atoms with Crippen LogP contribution in [0.5, 0.6) is 0 Å². The molecule has 3 rings (SSSR count). The summed E-state index contributed by atoms with van der Waals surface area (Å²) >= 11 is 0. The third-order valence-electron chi connectivity index (χ3n) is 2.39. The normalized spacial score (nSPS) is 11.1. The van der Waals surface area contributed by atoms with Crippen LogP contribution in [-0.4, -0.2) is 14.5 Å².